The molecule has 0 aromatic heterocycles. The molecule has 6 nitrogen and oxygen atoms in total. The summed E-state index contributed by atoms with van der Waals surface area (Å²) in [7, 11) is 3.86. The van der Waals surface area contributed by atoms with Gasteiger partial charge < -0.3 is 19.7 Å². The molecule has 0 unspecified atom stereocenters. The van der Waals surface area contributed by atoms with Crippen molar-refractivity contribution < 1.29 is 18.7 Å². The van der Waals surface area contributed by atoms with E-state index in [9.17, 15) is 14.4 Å². The summed E-state index contributed by atoms with van der Waals surface area (Å²) in [4.78, 5) is 14.6. The summed E-state index contributed by atoms with van der Waals surface area (Å²) in [5.74, 6) is 0.176. The molecule has 0 aliphatic heterocycles. The monoisotopic (exact) mass is 459 g/mol. The van der Waals surface area contributed by atoms with E-state index >= 15 is 0 Å². The predicted molar refractivity (Wildman–Crippen MR) is 131 cm³/mol. The lowest BCUT2D eigenvalue weighted by Crippen LogP contribution is -2.14. The molecule has 0 fully saturated rings. The van der Waals surface area contributed by atoms with Gasteiger partial charge >= 0.3 is 0 Å². The fourth-order valence-electron chi connectivity index (χ4n) is 3.10. The van der Waals surface area contributed by atoms with Crippen molar-refractivity contribution in [3.8, 4) is 17.6 Å². The fourth-order valence-corrected chi connectivity index (χ4v) is 3.10. The Morgan fingerprint density at radius 2 is 1.74 bits per heavy atom. The van der Waals surface area contributed by atoms with Gasteiger partial charge in [-0.25, -0.2) is 4.39 Å². The van der Waals surface area contributed by atoms with E-state index in [4.69, 9.17) is 9.47 Å². The smallest absolute Gasteiger partial charge is 0.266 e. The van der Waals surface area contributed by atoms with E-state index in [1.54, 1.807) is 42.5 Å². The summed E-state index contributed by atoms with van der Waals surface area (Å²) < 4.78 is 24.6. The van der Waals surface area contributed by atoms with Crippen molar-refractivity contribution in [3.63, 3.8) is 0 Å². The van der Waals surface area contributed by atoms with Gasteiger partial charge in [0.2, 0.25) is 0 Å². The van der Waals surface area contributed by atoms with E-state index in [1.807, 2.05) is 44.1 Å². The van der Waals surface area contributed by atoms with Crippen molar-refractivity contribution in [2.45, 2.75) is 13.5 Å². The number of hydrogen-bond donors (Lipinski definition) is 1. The molecule has 0 aliphatic carbocycles. The zero-order valence-corrected chi connectivity index (χ0v) is 19.3. The van der Waals surface area contributed by atoms with Crippen LogP contribution < -0.4 is 19.7 Å². The third-order valence-corrected chi connectivity index (χ3v) is 4.89. The summed E-state index contributed by atoms with van der Waals surface area (Å²) >= 11 is 0. The van der Waals surface area contributed by atoms with Crippen molar-refractivity contribution in [1.82, 2.24) is 0 Å². The molecule has 0 spiro atoms. The first kappa shape index (κ1) is 24.3. The molecule has 34 heavy (non-hydrogen) atoms. The Balaban J connectivity index is 1.75. The van der Waals surface area contributed by atoms with Gasteiger partial charge in [0.1, 0.15) is 24.1 Å². The highest BCUT2D eigenvalue weighted by Gasteiger charge is 2.12. The molecule has 0 aliphatic rings. The number of benzene rings is 3. The second kappa shape index (κ2) is 11.5. The molecule has 0 heterocycles. The average Bonchev–Trinajstić information content (AvgIpc) is 2.83. The van der Waals surface area contributed by atoms with Crippen LogP contribution in [0.1, 0.15) is 18.1 Å². The lowest BCUT2D eigenvalue weighted by atomic mass is 10.1. The largest absolute Gasteiger partial charge is 0.490 e. The second-order valence-corrected chi connectivity index (χ2v) is 7.62. The van der Waals surface area contributed by atoms with Crippen LogP contribution in [-0.2, 0) is 11.4 Å². The maximum absolute atomic E-state index is 13.1. The van der Waals surface area contributed by atoms with Crippen molar-refractivity contribution in [1.29, 1.82) is 5.26 Å². The number of nitrogens with one attached hydrogen (secondary N) is 1. The molecular formula is C27H26FN3O3. The van der Waals surface area contributed by atoms with Crippen molar-refractivity contribution in [2.24, 2.45) is 0 Å². The van der Waals surface area contributed by atoms with Crippen LogP contribution in [0.2, 0.25) is 0 Å². The minimum atomic E-state index is -0.505. The van der Waals surface area contributed by atoms with Crippen molar-refractivity contribution in [2.75, 3.05) is 30.9 Å². The average molecular weight is 460 g/mol. The van der Waals surface area contributed by atoms with E-state index in [-0.39, 0.29) is 18.0 Å². The number of amides is 1. The molecule has 3 aromatic rings. The number of nitrogens with zero attached hydrogens (tertiary/aromatic N) is 2. The molecule has 3 rings (SSSR count). The SMILES string of the molecule is CCOc1cc(/C=C(/C#N)C(=O)Nc2ccc(N(C)C)cc2)ccc1OCc1ccc(F)cc1. The molecule has 0 saturated heterocycles. The first-order valence-corrected chi connectivity index (χ1v) is 10.7. The van der Waals surface area contributed by atoms with Crippen LogP contribution in [0.15, 0.2) is 72.3 Å². The van der Waals surface area contributed by atoms with Crippen LogP contribution in [0.5, 0.6) is 11.5 Å². The fraction of sp³-hybridized carbons (Fsp3) is 0.185. The zero-order valence-electron chi connectivity index (χ0n) is 19.3. The number of hydrogen-bond acceptors (Lipinski definition) is 5. The topological polar surface area (TPSA) is 74.6 Å². The molecule has 0 radical (unpaired) electrons. The maximum Gasteiger partial charge on any atom is 0.266 e. The van der Waals surface area contributed by atoms with Gasteiger partial charge in [0.05, 0.1) is 6.61 Å². The van der Waals surface area contributed by atoms with Gasteiger partial charge in [-0.1, -0.05) is 18.2 Å². The number of ether oxygens (including phenoxy) is 2. The zero-order chi connectivity index (χ0) is 24.5. The van der Waals surface area contributed by atoms with E-state index < -0.39 is 5.91 Å². The number of carbonyl (C=O) groups excluding carboxylic acids is 1. The quantitative estimate of drug-likeness (QED) is 0.342. The van der Waals surface area contributed by atoms with Crippen molar-refractivity contribution in [3.05, 3.63) is 89.2 Å². The lowest BCUT2D eigenvalue weighted by molar-refractivity contribution is -0.112. The first-order valence-electron chi connectivity index (χ1n) is 10.7. The molecule has 3 aromatic carbocycles. The summed E-state index contributed by atoms with van der Waals surface area (Å²) in [6.45, 7) is 2.50. The molecule has 1 amide bonds. The highest BCUT2D eigenvalue weighted by Crippen LogP contribution is 2.30. The van der Waals surface area contributed by atoms with E-state index in [0.29, 0.717) is 29.4 Å². The van der Waals surface area contributed by atoms with Crippen LogP contribution in [0, 0.1) is 17.1 Å². The summed E-state index contributed by atoms with van der Waals surface area (Å²) in [6, 6.07) is 20.5. The highest BCUT2D eigenvalue weighted by molar-refractivity contribution is 6.09. The van der Waals surface area contributed by atoms with Gasteiger partial charge in [0, 0.05) is 25.5 Å². The van der Waals surface area contributed by atoms with E-state index in [2.05, 4.69) is 5.32 Å². The number of halogens is 1. The third kappa shape index (κ3) is 6.59. The lowest BCUT2D eigenvalue weighted by Gasteiger charge is -2.13. The number of anilines is 2. The van der Waals surface area contributed by atoms with Crippen molar-refractivity contribution >= 4 is 23.4 Å². The molecule has 1 N–H and O–H groups in total. The minimum Gasteiger partial charge on any atom is -0.490 e. The van der Waals surface area contributed by atoms with Gasteiger partial charge in [-0.2, -0.15) is 5.26 Å². The molecule has 0 saturated carbocycles. The van der Waals surface area contributed by atoms with Gasteiger partial charge in [0.25, 0.3) is 5.91 Å². The Morgan fingerprint density at radius 3 is 2.35 bits per heavy atom. The second-order valence-electron chi connectivity index (χ2n) is 7.62. The Kier molecular flexibility index (Phi) is 8.25. The molecule has 7 heteroatoms. The van der Waals surface area contributed by atoms with E-state index in [1.165, 1.54) is 18.2 Å². The third-order valence-electron chi connectivity index (χ3n) is 4.89. The van der Waals surface area contributed by atoms with Gasteiger partial charge in [-0.15, -0.1) is 0 Å². The van der Waals surface area contributed by atoms with Crippen LogP contribution >= 0.6 is 0 Å². The van der Waals surface area contributed by atoms with Gasteiger partial charge in [-0.3, -0.25) is 4.79 Å². The highest BCUT2D eigenvalue weighted by atomic mass is 19.1. The summed E-state index contributed by atoms with van der Waals surface area (Å²) in [5.41, 5.74) is 2.98. The summed E-state index contributed by atoms with van der Waals surface area (Å²) in [5, 5.41) is 12.3. The van der Waals surface area contributed by atoms with E-state index in [0.717, 1.165) is 11.3 Å². The normalized spacial score (nSPS) is 10.9. The van der Waals surface area contributed by atoms with Gasteiger partial charge in [0.15, 0.2) is 11.5 Å². The van der Waals surface area contributed by atoms with Crippen LogP contribution in [-0.4, -0.2) is 26.6 Å². The van der Waals surface area contributed by atoms with Crippen LogP contribution in [0.3, 0.4) is 0 Å². The Labute approximate surface area is 198 Å². The number of carbonyl (C=O) groups is 1. The molecule has 0 atom stereocenters. The molecular weight excluding hydrogens is 433 g/mol. The van der Waals surface area contributed by atoms with Crippen LogP contribution in [0.25, 0.3) is 6.08 Å². The van der Waals surface area contributed by atoms with Crippen LogP contribution in [0.4, 0.5) is 15.8 Å². The minimum absolute atomic E-state index is 0.0425. The predicted octanol–water partition coefficient (Wildman–Crippen LogP) is 5.42. The van der Waals surface area contributed by atoms with Gasteiger partial charge in [-0.05, 0) is 72.7 Å². The molecule has 0 bridgehead atoms. The summed E-state index contributed by atoms with van der Waals surface area (Å²) in [6.07, 6.45) is 1.50. The standard InChI is InChI=1S/C27H26FN3O3/c1-4-33-26-16-20(7-14-25(26)34-18-19-5-8-22(28)9-6-19)15-21(17-29)27(32)30-23-10-12-24(13-11-23)31(2)3/h5-16H,4,18H2,1-3H3,(H,30,32)/b21-15-. The molecule has 174 valence electrons. The first-order chi connectivity index (χ1) is 16.4. The number of rotatable bonds is 9. The maximum atomic E-state index is 13.1. The Bertz CT molecular complexity index is 1200. The number of nitriles is 1. The Hall–Kier alpha value is -4.31. The Morgan fingerprint density at radius 1 is 1.03 bits per heavy atom.